The van der Waals surface area contributed by atoms with Crippen LogP contribution in [0.5, 0.6) is 0 Å². The van der Waals surface area contributed by atoms with E-state index in [1.54, 1.807) is 11.3 Å². The van der Waals surface area contributed by atoms with Gasteiger partial charge in [-0.1, -0.05) is 26.8 Å². The minimum Gasteiger partial charge on any atom is -0.349 e. The molecule has 2 amide bonds. The second-order valence-electron chi connectivity index (χ2n) is 7.53. The number of hydrogen-bond acceptors (Lipinski definition) is 5. The molecule has 5 nitrogen and oxygen atoms in total. The fourth-order valence-electron chi connectivity index (χ4n) is 2.36. The van der Waals surface area contributed by atoms with Crippen molar-refractivity contribution in [1.82, 2.24) is 10.2 Å². The van der Waals surface area contributed by atoms with Crippen molar-refractivity contribution in [3.63, 3.8) is 0 Å². The molecule has 0 saturated carbocycles. The summed E-state index contributed by atoms with van der Waals surface area (Å²) in [5.41, 5.74) is 0.397. The molecular weight excluding hydrogens is 366 g/mol. The SMILES string of the molecule is Cc1cc(NC(=O)C(C)(C)C)sc1C(=O)NCC(c1cccs1)N(C)C. The molecule has 2 aromatic rings. The van der Waals surface area contributed by atoms with Crippen molar-refractivity contribution < 1.29 is 9.59 Å². The first-order valence-electron chi connectivity index (χ1n) is 8.49. The Morgan fingerprint density at radius 1 is 1.27 bits per heavy atom. The Labute approximate surface area is 163 Å². The summed E-state index contributed by atoms with van der Waals surface area (Å²) in [6.07, 6.45) is 0. The Kier molecular flexibility index (Phi) is 6.60. The highest BCUT2D eigenvalue weighted by Crippen LogP contribution is 2.29. The quantitative estimate of drug-likeness (QED) is 0.775. The molecule has 0 aliphatic rings. The Morgan fingerprint density at radius 3 is 2.50 bits per heavy atom. The van der Waals surface area contributed by atoms with Crippen molar-refractivity contribution >= 4 is 39.5 Å². The highest BCUT2D eigenvalue weighted by Gasteiger charge is 2.23. The molecule has 0 radical (unpaired) electrons. The monoisotopic (exact) mass is 393 g/mol. The van der Waals surface area contributed by atoms with Gasteiger partial charge in [0.2, 0.25) is 5.91 Å². The average molecular weight is 394 g/mol. The number of nitrogens with zero attached hydrogens (tertiary/aromatic N) is 1. The minimum absolute atomic E-state index is 0.0592. The van der Waals surface area contributed by atoms with Gasteiger partial charge in [-0.15, -0.1) is 22.7 Å². The van der Waals surface area contributed by atoms with E-state index in [0.29, 0.717) is 16.4 Å². The number of amides is 2. The van der Waals surface area contributed by atoms with Crippen molar-refractivity contribution in [3.8, 4) is 0 Å². The number of thiophene rings is 2. The number of carbonyl (C=O) groups is 2. The normalized spacial score (nSPS) is 12.9. The van der Waals surface area contributed by atoms with Crippen molar-refractivity contribution in [2.45, 2.75) is 33.7 Å². The standard InChI is InChI=1S/C19H27N3O2S2/c1-12-10-15(21-18(24)19(2,3)4)26-16(12)17(23)20-11-13(22(5)6)14-8-7-9-25-14/h7-10,13H,11H2,1-6H3,(H,20,23)(H,21,24). The van der Waals surface area contributed by atoms with Crippen LogP contribution in [-0.2, 0) is 4.79 Å². The molecule has 1 unspecified atom stereocenters. The van der Waals surface area contributed by atoms with E-state index >= 15 is 0 Å². The summed E-state index contributed by atoms with van der Waals surface area (Å²) in [7, 11) is 4.01. The fraction of sp³-hybridized carbons (Fsp3) is 0.474. The van der Waals surface area contributed by atoms with Crippen LogP contribution in [0, 0.1) is 12.3 Å². The van der Waals surface area contributed by atoms with Gasteiger partial charge in [-0.25, -0.2) is 0 Å². The largest absolute Gasteiger partial charge is 0.349 e. The zero-order chi connectivity index (χ0) is 19.5. The molecule has 0 fully saturated rings. The molecule has 0 aromatic carbocycles. The number of anilines is 1. The molecular formula is C19H27N3O2S2. The molecule has 7 heteroatoms. The van der Waals surface area contributed by atoms with Gasteiger partial charge in [-0.2, -0.15) is 0 Å². The van der Waals surface area contributed by atoms with Gasteiger partial charge in [-0.05, 0) is 44.1 Å². The highest BCUT2D eigenvalue weighted by atomic mass is 32.1. The average Bonchev–Trinajstić information content (AvgIpc) is 3.16. The van der Waals surface area contributed by atoms with E-state index in [1.165, 1.54) is 16.2 Å². The summed E-state index contributed by atoms with van der Waals surface area (Å²) in [6, 6.07) is 6.09. The molecule has 0 bridgehead atoms. The van der Waals surface area contributed by atoms with Crippen LogP contribution in [0.4, 0.5) is 5.00 Å². The number of likely N-dealkylation sites (N-methyl/N-ethyl adjacent to an activating group) is 1. The van der Waals surface area contributed by atoms with Crippen LogP contribution in [0.2, 0.25) is 0 Å². The summed E-state index contributed by atoms with van der Waals surface area (Å²) in [5.74, 6) is -0.164. The van der Waals surface area contributed by atoms with E-state index in [9.17, 15) is 9.59 Å². The Hall–Kier alpha value is -1.70. The summed E-state index contributed by atoms with van der Waals surface area (Å²) in [4.78, 5) is 28.7. The number of nitrogens with one attached hydrogen (secondary N) is 2. The summed E-state index contributed by atoms with van der Waals surface area (Å²) >= 11 is 3.00. The maximum atomic E-state index is 12.6. The van der Waals surface area contributed by atoms with Gasteiger partial charge in [0.05, 0.1) is 15.9 Å². The number of hydrogen-bond donors (Lipinski definition) is 2. The third-order valence-corrected chi connectivity index (χ3v) is 6.12. The molecule has 2 N–H and O–H groups in total. The van der Waals surface area contributed by atoms with Crippen molar-refractivity contribution in [2.75, 3.05) is 26.0 Å². The Morgan fingerprint density at radius 2 is 1.96 bits per heavy atom. The van der Waals surface area contributed by atoms with E-state index < -0.39 is 5.41 Å². The lowest BCUT2D eigenvalue weighted by Crippen LogP contribution is -2.34. The number of aryl methyl sites for hydroxylation is 1. The van der Waals surface area contributed by atoms with Gasteiger partial charge in [0.25, 0.3) is 5.91 Å². The highest BCUT2D eigenvalue weighted by molar-refractivity contribution is 7.18. The number of rotatable bonds is 6. The van der Waals surface area contributed by atoms with Gasteiger partial charge >= 0.3 is 0 Å². The lowest BCUT2D eigenvalue weighted by Gasteiger charge is -2.23. The van der Waals surface area contributed by atoms with Crippen molar-refractivity contribution in [3.05, 3.63) is 38.9 Å². The van der Waals surface area contributed by atoms with E-state index in [-0.39, 0.29) is 17.9 Å². The third kappa shape index (κ3) is 5.16. The van der Waals surface area contributed by atoms with Crippen molar-refractivity contribution in [1.29, 1.82) is 0 Å². The van der Waals surface area contributed by atoms with E-state index in [0.717, 1.165) is 5.56 Å². The summed E-state index contributed by atoms with van der Waals surface area (Å²) < 4.78 is 0. The molecule has 2 aromatic heterocycles. The first-order chi connectivity index (χ1) is 12.1. The topological polar surface area (TPSA) is 61.4 Å². The lowest BCUT2D eigenvalue weighted by atomic mass is 9.96. The zero-order valence-electron chi connectivity index (χ0n) is 16.2. The van der Waals surface area contributed by atoms with E-state index in [2.05, 4.69) is 21.6 Å². The maximum absolute atomic E-state index is 12.6. The molecule has 0 saturated heterocycles. The van der Waals surface area contributed by atoms with Crippen LogP contribution in [0.1, 0.15) is 46.9 Å². The molecule has 0 aliphatic heterocycles. The molecule has 142 valence electrons. The van der Waals surface area contributed by atoms with Crippen LogP contribution >= 0.6 is 22.7 Å². The van der Waals surface area contributed by atoms with Crippen molar-refractivity contribution in [2.24, 2.45) is 5.41 Å². The lowest BCUT2D eigenvalue weighted by molar-refractivity contribution is -0.123. The molecule has 2 rings (SSSR count). The Bertz CT molecular complexity index is 758. The molecule has 2 heterocycles. The minimum atomic E-state index is -0.472. The first-order valence-corrected chi connectivity index (χ1v) is 10.2. The predicted molar refractivity (Wildman–Crippen MR) is 110 cm³/mol. The van der Waals surface area contributed by atoms with Crippen LogP contribution in [0.3, 0.4) is 0 Å². The molecule has 0 spiro atoms. The van der Waals surface area contributed by atoms with Gasteiger partial charge < -0.3 is 15.5 Å². The third-order valence-electron chi connectivity index (χ3n) is 3.99. The van der Waals surface area contributed by atoms with Gasteiger partial charge in [0.1, 0.15) is 0 Å². The fourth-order valence-corrected chi connectivity index (χ4v) is 4.26. The molecule has 0 aliphatic carbocycles. The van der Waals surface area contributed by atoms with Crippen LogP contribution in [0.25, 0.3) is 0 Å². The zero-order valence-corrected chi connectivity index (χ0v) is 17.8. The van der Waals surface area contributed by atoms with E-state index in [4.69, 9.17) is 0 Å². The molecule has 26 heavy (non-hydrogen) atoms. The first kappa shape index (κ1) is 20.6. The molecule has 1 atom stereocenters. The van der Waals surface area contributed by atoms with Crippen LogP contribution in [-0.4, -0.2) is 37.4 Å². The number of carbonyl (C=O) groups excluding carboxylic acids is 2. The second-order valence-corrected chi connectivity index (χ2v) is 9.56. The summed E-state index contributed by atoms with van der Waals surface area (Å²) in [5, 5.41) is 8.67. The summed E-state index contributed by atoms with van der Waals surface area (Å²) in [6.45, 7) is 8.02. The van der Waals surface area contributed by atoms with Crippen LogP contribution < -0.4 is 10.6 Å². The predicted octanol–water partition coefficient (Wildman–Crippen LogP) is 4.14. The van der Waals surface area contributed by atoms with Gasteiger partial charge in [0.15, 0.2) is 0 Å². The van der Waals surface area contributed by atoms with Gasteiger partial charge in [-0.3, -0.25) is 9.59 Å². The van der Waals surface area contributed by atoms with Crippen LogP contribution in [0.15, 0.2) is 23.6 Å². The van der Waals surface area contributed by atoms with E-state index in [1.807, 2.05) is 59.3 Å². The van der Waals surface area contributed by atoms with Gasteiger partial charge in [0, 0.05) is 16.8 Å². The Balaban J connectivity index is 2.04. The smallest absolute Gasteiger partial charge is 0.261 e. The maximum Gasteiger partial charge on any atom is 0.261 e. The second kappa shape index (κ2) is 8.33.